The normalized spacial score (nSPS) is 15.9. The van der Waals surface area contributed by atoms with Crippen LogP contribution in [0.1, 0.15) is 12.8 Å². The maximum atomic E-state index is 13.8. The summed E-state index contributed by atoms with van der Waals surface area (Å²) >= 11 is 0. The Kier molecular flexibility index (Phi) is 3.98. The van der Waals surface area contributed by atoms with Crippen LogP contribution in [0.5, 0.6) is 0 Å². The van der Waals surface area contributed by atoms with Gasteiger partial charge in [-0.25, -0.2) is 13.8 Å². The summed E-state index contributed by atoms with van der Waals surface area (Å²) in [6, 6.07) is 6.17. The minimum atomic E-state index is -0.869. The van der Waals surface area contributed by atoms with Crippen molar-refractivity contribution >= 4 is 11.0 Å². The summed E-state index contributed by atoms with van der Waals surface area (Å²) in [7, 11) is 0. The predicted octanol–water partition coefficient (Wildman–Crippen LogP) is 3.38. The van der Waals surface area contributed by atoms with Gasteiger partial charge in [0.2, 0.25) is 0 Å². The van der Waals surface area contributed by atoms with E-state index < -0.39 is 11.6 Å². The van der Waals surface area contributed by atoms with E-state index in [1.54, 1.807) is 12.4 Å². The Morgan fingerprint density at radius 1 is 1.17 bits per heavy atom. The van der Waals surface area contributed by atoms with E-state index in [9.17, 15) is 8.78 Å². The van der Waals surface area contributed by atoms with Crippen molar-refractivity contribution in [2.24, 2.45) is 5.92 Å². The fraction of sp³-hybridized carbons (Fsp3) is 0.333. The van der Waals surface area contributed by atoms with E-state index in [1.165, 1.54) is 12.1 Å². The zero-order chi connectivity index (χ0) is 16.5. The second-order valence-electron chi connectivity index (χ2n) is 6.24. The summed E-state index contributed by atoms with van der Waals surface area (Å²) < 4.78 is 29.4. The molecular formula is C18H18F2N4. The number of pyridine rings is 1. The van der Waals surface area contributed by atoms with Gasteiger partial charge in [-0.3, -0.25) is 4.98 Å². The van der Waals surface area contributed by atoms with Crippen LogP contribution in [-0.2, 0) is 6.54 Å². The predicted molar refractivity (Wildman–Crippen MR) is 88.5 cm³/mol. The molecule has 1 saturated heterocycles. The Hall–Kier alpha value is -2.34. The molecule has 0 aliphatic carbocycles. The maximum Gasteiger partial charge on any atom is 0.161 e. The van der Waals surface area contributed by atoms with E-state index in [0.29, 0.717) is 22.8 Å². The van der Waals surface area contributed by atoms with Gasteiger partial charge in [0.1, 0.15) is 5.82 Å². The lowest BCUT2D eigenvalue weighted by Crippen LogP contribution is -2.30. The highest BCUT2D eigenvalue weighted by Gasteiger charge is 2.20. The smallest absolute Gasteiger partial charge is 0.161 e. The van der Waals surface area contributed by atoms with Gasteiger partial charge in [-0.15, -0.1) is 0 Å². The van der Waals surface area contributed by atoms with Crippen LogP contribution in [0.3, 0.4) is 0 Å². The molecule has 0 bridgehead atoms. The number of benzene rings is 1. The Bertz CT molecular complexity index is 854. The van der Waals surface area contributed by atoms with Crippen molar-refractivity contribution in [1.82, 2.24) is 19.9 Å². The average Bonchev–Trinajstić information content (AvgIpc) is 2.95. The van der Waals surface area contributed by atoms with Crippen LogP contribution in [0.2, 0.25) is 0 Å². The Morgan fingerprint density at radius 3 is 2.71 bits per heavy atom. The van der Waals surface area contributed by atoms with Gasteiger partial charge < -0.3 is 9.88 Å². The lowest BCUT2D eigenvalue weighted by Gasteiger charge is -2.24. The van der Waals surface area contributed by atoms with Crippen molar-refractivity contribution < 1.29 is 8.78 Å². The zero-order valence-electron chi connectivity index (χ0n) is 13.2. The summed E-state index contributed by atoms with van der Waals surface area (Å²) in [5.74, 6) is -0.507. The molecule has 2 aromatic heterocycles. The third-order valence-corrected chi connectivity index (χ3v) is 4.61. The van der Waals surface area contributed by atoms with E-state index in [4.69, 9.17) is 0 Å². The fourth-order valence-corrected chi connectivity index (χ4v) is 3.34. The Morgan fingerprint density at radius 2 is 1.96 bits per heavy atom. The molecule has 1 aliphatic rings. The summed E-state index contributed by atoms with van der Waals surface area (Å²) in [6.07, 6.45) is 5.56. The maximum absolute atomic E-state index is 13.8. The molecule has 1 N–H and O–H groups in total. The van der Waals surface area contributed by atoms with Crippen molar-refractivity contribution in [2.75, 3.05) is 13.1 Å². The second-order valence-corrected chi connectivity index (χ2v) is 6.24. The van der Waals surface area contributed by atoms with Crippen LogP contribution in [0.15, 0.2) is 36.7 Å². The average molecular weight is 328 g/mol. The number of aromatic nitrogens is 3. The van der Waals surface area contributed by atoms with Crippen molar-refractivity contribution in [3.05, 3.63) is 48.3 Å². The van der Waals surface area contributed by atoms with Gasteiger partial charge in [0.25, 0.3) is 0 Å². The van der Waals surface area contributed by atoms with Gasteiger partial charge in [0.05, 0.1) is 11.0 Å². The lowest BCUT2D eigenvalue weighted by molar-refractivity contribution is 0.337. The highest BCUT2D eigenvalue weighted by atomic mass is 19.2. The fourth-order valence-electron chi connectivity index (χ4n) is 3.34. The van der Waals surface area contributed by atoms with Crippen LogP contribution in [0.4, 0.5) is 8.78 Å². The topological polar surface area (TPSA) is 42.7 Å². The van der Waals surface area contributed by atoms with Gasteiger partial charge >= 0.3 is 0 Å². The first-order valence-corrected chi connectivity index (χ1v) is 8.19. The minimum Gasteiger partial charge on any atom is -0.324 e. The number of piperidine rings is 1. The molecule has 0 unspecified atom stereocenters. The first-order chi connectivity index (χ1) is 11.7. The summed E-state index contributed by atoms with van der Waals surface area (Å²) in [5, 5.41) is 3.35. The largest absolute Gasteiger partial charge is 0.324 e. The minimum absolute atomic E-state index is 0.474. The molecule has 0 saturated carbocycles. The number of rotatable bonds is 3. The van der Waals surface area contributed by atoms with E-state index >= 15 is 0 Å². The number of nitrogens with zero attached hydrogens (tertiary/aromatic N) is 3. The molecule has 1 aliphatic heterocycles. The molecular weight excluding hydrogens is 310 g/mol. The monoisotopic (exact) mass is 328 g/mol. The van der Waals surface area contributed by atoms with Gasteiger partial charge in [-0.2, -0.15) is 0 Å². The van der Waals surface area contributed by atoms with Crippen LogP contribution in [-0.4, -0.2) is 27.6 Å². The molecule has 0 spiro atoms. The zero-order valence-corrected chi connectivity index (χ0v) is 13.2. The molecule has 4 rings (SSSR count). The van der Waals surface area contributed by atoms with E-state index in [0.717, 1.165) is 38.0 Å². The van der Waals surface area contributed by atoms with Crippen molar-refractivity contribution in [3.63, 3.8) is 0 Å². The highest BCUT2D eigenvalue weighted by molar-refractivity contribution is 5.80. The van der Waals surface area contributed by atoms with Gasteiger partial charge in [0, 0.05) is 36.6 Å². The van der Waals surface area contributed by atoms with E-state index in [2.05, 4.69) is 15.3 Å². The van der Waals surface area contributed by atoms with E-state index in [1.807, 2.05) is 16.7 Å². The molecule has 4 nitrogen and oxygen atoms in total. The third-order valence-electron chi connectivity index (χ3n) is 4.61. The summed E-state index contributed by atoms with van der Waals surface area (Å²) in [5.41, 5.74) is 1.96. The van der Waals surface area contributed by atoms with Gasteiger partial charge in [-0.1, -0.05) is 0 Å². The third kappa shape index (κ3) is 2.78. The quantitative estimate of drug-likeness (QED) is 0.801. The van der Waals surface area contributed by atoms with Crippen LogP contribution in [0.25, 0.3) is 22.4 Å². The summed E-state index contributed by atoms with van der Waals surface area (Å²) in [6.45, 7) is 2.72. The number of fused-ring (bicyclic) bond motifs is 1. The molecule has 1 fully saturated rings. The number of imidazole rings is 1. The molecule has 0 radical (unpaired) electrons. The molecule has 3 aromatic rings. The lowest BCUT2D eigenvalue weighted by atomic mass is 9.98. The van der Waals surface area contributed by atoms with Crippen molar-refractivity contribution in [2.45, 2.75) is 19.4 Å². The molecule has 3 heterocycles. The van der Waals surface area contributed by atoms with Crippen molar-refractivity contribution in [3.8, 4) is 11.4 Å². The number of halogens is 2. The molecule has 24 heavy (non-hydrogen) atoms. The first kappa shape index (κ1) is 15.2. The SMILES string of the molecule is Fc1cc2nc(-c3cccnc3)n(CC3CCNCC3)c2cc1F. The first-order valence-electron chi connectivity index (χ1n) is 8.19. The van der Waals surface area contributed by atoms with Gasteiger partial charge in [-0.05, 0) is 44.0 Å². The number of nitrogens with one attached hydrogen (secondary N) is 1. The van der Waals surface area contributed by atoms with Crippen LogP contribution >= 0.6 is 0 Å². The molecule has 124 valence electrons. The standard InChI is InChI=1S/C18H18F2N4/c19-14-8-16-17(9-15(14)20)24(11-12-3-6-21-7-4-12)18(23-16)13-2-1-5-22-10-13/h1-2,5,8-10,12,21H,3-4,6-7,11H2. The molecule has 0 atom stereocenters. The second kappa shape index (κ2) is 6.28. The molecule has 1 aromatic carbocycles. The van der Waals surface area contributed by atoms with E-state index in [-0.39, 0.29) is 0 Å². The highest BCUT2D eigenvalue weighted by Crippen LogP contribution is 2.28. The molecule has 0 amide bonds. The van der Waals surface area contributed by atoms with Gasteiger partial charge in [0.15, 0.2) is 11.6 Å². The Balaban J connectivity index is 1.85. The van der Waals surface area contributed by atoms with Crippen LogP contribution in [0, 0.1) is 17.6 Å². The van der Waals surface area contributed by atoms with Crippen molar-refractivity contribution in [1.29, 1.82) is 0 Å². The molecule has 6 heteroatoms. The number of hydrogen-bond acceptors (Lipinski definition) is 3. The van der Waals surface area contributed by atoms with Crippen LogP contribution < -0.4 is 5.32 Å². The number of hydrogen-bond donors (Lipinski definition) is 1. The Labute approximate surface area is 138 Å². The summed E-state index contributed by atoms with van der Waals surface area (Å²) in [4.78, 5) is 8.69.